The zero-order valence-electron chi connectivity index (χ0n) is 14.9. The first-order chi connectivity index (χ1) is 13.1. The van der Waals surface area contributed by atoms with Crippen LogP contribution in [-0.2, 0) is 11.2 Å². The lowest BCUT2D eigenvalue weighted by atomic mass is 10.1. The largest absolute Gasteiger partial charge is 0.506 e. The van der Waals surface area contributed by atoms with Crippen LogP contribution >= 0.6 is 15.9 Å². The fourth-order valence-electron chi connectivity index (χ4n) is 3.44. The Balaban J connectivity index is 1.39. The van der Waals surface area contributed by atoms with Crippen LogP contribution in [0.15, 0.2) is 40.9 Å². The molecule has 0 radical (unpaired) electrons. The van der Waals surface area contributed by atoms with E-state index in [0.29, 0.717) is 57.3 Å². The molecule has 7 heteroatoms. The predicted molar refractivity (Wildman–Crippen MR) is 106 cm³/mol. The molecule has 2 aliphatic rings. The van der Waals surface area contributed by atoms with E-state index in [1.54, 1.807) is 6.07 Å². The highest BCUT2D eigenvalue weighted by Crippen LogP contribution is 2.36. The highest BCUT2D eigenvalue weighted by atomic mass is 79.9. The van der Waals surface area contributed by atoms with Gasteiger partial charge in [0.2, 0.25) is 5.91 Å². The van der Waals surface area contributed by atoms with Crippen LogP contribution in [0.2, 0.25) is 0 Å². The molecule has 2 aromatic carbocycles. The van der Waals surface area contributed by atoms with Gasteiger partial charge in [0.15, 0.2) is 11.5 Å². The van der Waals surface area contributed by atoms with Gasteiger partial charge in [0.05, 0.1) is 12.1 Å². The number of piperazine rings is 1. The van der Waals surface area contributed by atoms with Crippen molar-refractivity contribution < 1.29 is 19.4 Å². The molecule has 0 spiro atoms. The molecule has 1 N–H and O–H groups in total. The Kier molecular flexibility index (Phi) is 5.11. The molecule has 4 rings (SSSR count). The number of fused-ring (bicyclic) bond motifs is 1. The Hall–Kier alpha value is -2.41. The maximum Gasteiger partial charge on any atom is 0.227 e. The van der Waals surface area contributed by atoms with Gasteiger partial charge in [-0.05, 0) is 29.8 Å². The smallest absolute Gasteiger partial charge is 0.227 e. The number of hydrogen-bond donors (Lipinski definition) is 1. The van der Waals surface area contributed by atoms with Crippen molar-refractivity contribution in [1.82, 2.24) is 4.90 Å². The summed E-state index contributed by atoms with van der Waals surface area (Å²) in [6, 6.07) is 11.1. The van der Waals surface area contributed by atoms with Crippen molar-refractivity contribution in [3.63, 3.8) is 0 Å². The van der Waals surface area contributed by atoms with Gasteiger partial charge in [0, 0.05) is 30.7 Å². The van der Waals surface area contributed by atoms with Crippen molar-refractivity contribution in [1.29, 1.82) is 0 Å². The van der Waals surface area contributed by atoms with E-state index in [-0.39, 0.29) is 11.7 Å². The molecule has 0 unspecified atom stereocenters. The molecule has 142 valence electrons. The quantitative estimate of drug-likeness (QED) is 0.807. The van der Waals surface area contributed by atoms with Crippen LogP contribution in [0.1, 0.15) is 5.56 Å². The van der Waals surface area contributed by atoms with Crippen molar-refractivity contribution in [2.45, 2.75) is 6.42 Å². The second kappa shape index (κ2) is 7.68. The molecule has 0 aliphatic carbocycles. The number of para-hydroxylation sites is 2. The number of rotatable bonds is 3. The van der Waals surface area contributed by atoms with Crippen LogP contribution in [0, 0.1) is 0 Å². The van der Waals surface area contributed by atoms with Gasteiger partial charge in [-0.15, -0.1) is 0 Å². The highest BCUT2D eigenvalue weighted by molar-refractivity contribution is 9.10. The highest BCUT2D eigenvalue weighted by Gasteiger charge is 2.24. The van der Waals surface area contributed by atoms with Crippen molar-refractivity contribution in [3.05, 3.63) is 46.4 Å². The summed E-state index contributed by atoms with van der Waals surface area (Å²) in [4.78, 5) is 16.7. The summed E-state index contributed by atoms with van der Waals surface area (Å²) in [5.41, 5.74) is 1.71. The van der Waals surface area contributed by atoms with E-state index in [9.17, 15) is 9.90 Å². The number of halogens is 1. The Morgan fingerprint density at radius 2 is 1.70 bits per heavy atom. The lowest BCUT2D eigenvalue weighted by Crippen LogP contribution is -2.49. The van der Waals surface area contributed by atoms with Crippen LogP contribution in [0.4, 0.5) is 5.69 Å². The molecule has 0 saturated carbocycles. The van der Waals surface area contributed by atoms with Crippen LogP contribution in [0.3, 0.4) is 0 Å². The number of benzene rings is 2. The molecule has 27 heavy (non-hydrogen) atoms. The van der Waals surface area contributed by atoms with Crippen molar-refractivity contribution in [3.8, 4) is 17.2 Å². The van der Waals surface area contributed by atoms with Crippen LogP contribution in [-0.4, -0.2) is 55.3 Å². The number of phenolic OH excluding ortho intramolecular Hbond substituents is 1. The zero-order chi connectivity index (χ0) is 18.8. The van der Waals surface area contributed by atoms with Crippen LogP contribution in [0.5, 0.6) is 17.2 Å². The zero-order valence-corrected chi connectivity index (χ0v) is 16.4. The average molecular weight is 433 g/mol. The number of carbonyl (C=O) groups is 1. The average Bonchev–Trinajstić information content (AvgIpc) is 2.69. The maximum absolute atomic E-state index is 12.8. The molecule has 1 fully saturated rings. The van der Waals surface area contributed by atoms with E-state index in [2.05, 4.69) is 20.8 Å². The predicted octanol–water partition coefficient (Wildman–Crippen LogP) is 2.82. The number of amides is 1. The van der Waals surface area contributed by atoms with E-state index >= 15 is 0 Å². The minimum atomic E-state index is 0.0873. The van der Waals surface area contributed by atoms with Crippen molar-refractivity contribution in [2.75, 3.05) is 44.3 Å². The van der Waals surface area contributed by atoms with Gasteiger partial charge in [-0.25, -0.2) is 0 Å². The van der Waals surface area contributed by atoms with E-state index < -0.39 is 0 Å². The molecule has 1 amide bonds. The van der Waals surface area contributed by atoms with Crippen molar-refractivity contribution >= 4 is 27.5 Å². The number of ether oxygens (including phenoxy) is 2. The first-order valence-electron chi connectivity index (χ1n) is 9.00. The molecule has 6 nitrogen and oxygen atoms in total. The monoisotopic (exact) mass is 432 g/mol. The first kappa shape index (κ1) is 18.0. The van der Waals surface area contributed by atoms with Gasteiger partial charge in [-0.3, -0.25) is 4.79 Å². The summed E-state index contributed by atoms with van der Waals surface area (Å²) in [5, 5.41) is 10.0. The number of anilines is 1. The minimum Gasteiger partial charge on any atom is -0.506 e. The molecular formula is C20H21BrN2O4. The fourth-order valence-corrected chi connectivity index (χ4v) is 3.91. The molecule has 2 aromatic rings. The van der Waals surface area contributed by atoms with E-state index in [0.717, 1.165) is 15.7 Å². The Labute approximate surface area is 166 Å². The van der Waals surface area contributed by atoms with Crippen LogP contribution in [0.25, 0.3) is 0 Å². The van der Waals surface area contributed by atoms with E-state index in [1.165, 1.54) is 0 Å². The Morgan fingerprint density at radius 1 is 1.04 bits per heavy atom. The Morgan fingerprint density at radius 3 is 2.41 bits per heavy atom. The molecule has 2 aliphatic heterocycles. The molecule has 2 heterocycles. The molecule has 1 saturated heterocycles. The summed E-state index contributed by atoms with van der Waals surface area (Å²) in [6.07, 6.45) is 0.313. The van der Waals surface area contributed by atoms with Gasteiger partial charge >= 0.3 is 0 Å². The summed E-state index contributed by atoms with van der Waals surface area (Å²) < 4.78 is 12.0. The van der Waals surface area contributed by atoms with Gasteiger partial charge in [-0.1, -0.05) is 28.1 Å². The lowest BCUT2D eigenvalue weighted by Gasteiger charge is -2.36. The number of hydrogen-bond acceptors (Lipinski definition) is 5. The number of aromatic hydroxyl groups is 1. The van der Waals surface area contributed by atoms with Crippen LogP contribution < -0.4 is 14.4 Å². The van der Waals surface area contributed by atoms with Gasteiger partial charge in [0.1, 0.15) is 19.0 Å². The third-order valence-electron chi connectivity index (χ3n) is 4.91. The summed E-state index contributed by atoms with van der Waals surface area (Å²) in [7, 11) is 0. The topological polar surface area (TPSA) is 62.2 Å². The molecular weight excluding hydrogens is 412 g/mol. The summed E-state index contributed by atoms with van der Waals surface area (Å²) in [6.45, 7) is 3.73. The second-order valence-electron chi connectivity index (χ2n) is 6.62. The minimum absolute atomic E-state index is 0.0873. The van der Waals surface area contributed by atoms with E-state index in [4.69, 9.17) is 9.47 Å². The third-order valence-corrected chi connectivity index (χ3v) is 5.65. The lowest BCUT2D eigenvalue weighted by molar-refractivity contribution is -0.130. The Bertz CT molecular complexity index is 850. The summed E-state index contributed by atoms with van der Waals surface area (Å²) in [5.74, 6) is 1.76. The standard InChI is InChI=1S/C20H21BrN2O4/c21-15-13-19-18(26-9-10-27-19)11-14(15)12-20(25)23-7-5-22(6-8-23)16-3-1-2-4-17(16)24/h1-4,11,13,24H,5-10,12H2. The SMILES string of the molecule is O=C(Cc1cc2c(cc1Br)OCCO2)N1CCN(c2ccccc2O)CC1. The molecule has 0 atom stereocenters. The second-order valence-corrected chi connectivity index (χ2v) is 7.47. The van der Waals surface area contributed by atoms with Gasteiger partial charge in [0.25, 0.3) is 0 Å². The normalized spacial score (nSPS) is 16.3. The number of phenols is 1. The van der Waals surface area contributed by atoms with Gasteiger partial charge in [-0.2, -0.15) is 0 Å². The third kappa shape index (κ3) is 3.83. The summed E-state index contributed by atoms with van der Waals surface area (Å²) >= 11 is 3.53. The van der Waals surface area contributed by atoms with Crippen molar-refractivity contribution in [2.24, 2.45) is 0 Å². The maximum atomic E-state index is 12.8. The van der Waals surface area contributed by atoms with E-state index in [1.807, 2.05) is 35.2 Å². The number of nitrogens with zero attached hydrogens (tertiary/aromatic N) is 2. The number of carbonyl (C=O) groups excluding carboxylic acids is 1. The molecule has 0 bridgehead atoms. The van der Waals surface area contributed by atoms with Gasteiger partial charge < -0.3 is 24.4 Å². The molecule has 0 aromatic heterocycles. The fraction of sp³-hybridized carbons (Fsp3) is 0.350. The first-order valence-corrected chi connectivity index (χ1v) is 9.80.